The molecular formula is C46H85N6O6+. The van der Waals surface area contributed by atoms with E-state index in [0.29, 0.717) is 51.7 Å². The number of nitrogens with one attached hydrogen (secondary N) is 3. The van der Waals surface area contributed by atoms with Crippen LogP contribution in [0, 0.1) is 5.92 Å². The van der Waals surface area contributed by atoms with Crippen molar-refractivity contribution in [1.29, 1.82) is 0 Å². The van der Waals surface area contributed by atoms with Gasteiger partial charge in [0.05, 0.1) is 31.0 Å². The van der Waals surface area contributed by atoms with Gasteiger partial charge >= 0.3 is 5.97 Å². The zero-order chi connectivity index (χ0) is 41.2. The summed E-state index contributed by atoms with van der Waals surface area (Å²) < 4.78 is 19.8. The highest BCUT2D eigenvalue weighted by Crippen LogP contribution is 2.42. The lowest BCUT2D eigenvalue weighted by atomic mass is 9.79. The Labute approximate surface area is 351 Å². The van der Waals surface area contributed by atoms with Crippen molar-refractivity contribution in [1.82, 2.24) is 15.5 Å². The van der Waals surface area contributed by atoms with Crippen LogP contribution in [-0.4, -0.2) is 103 Å². The van der Waals surface area contributed by atoms with E-state index in [2.05, 4.69) is 36.6 Å². The van der Waals surface area contributed by atoms with Gasteiger partial charge in [0, 0.05) is 38.8 Å². The van der Waals surface area contributed by atoms with Crippen molar-refractivity contribution in [2.24, 2.45) is 17.4 Å². The summed E-state index contributed by atoms with van der Waals surface area (Å²) in [5, 5.41) is 18.0. The molecule has 0 saturated carbocycles. The van der Waals surface area contributed by atoms with Crippen LogP contribution in [0.4, 0.5) is 0 Å². The summed E-state index contributed by atoms with van der Waals surface area (Å²) in [5.74, 6) is -0.234. The summed E-state index contributed by atoms with van der Waals surface area (Å²) in [7, 11) is 0. The number of nitrogens with two attached hydrogens (primary N) is 2. The molecule has 0 aromatic rings. The number of carbonyl (C=O) groups is 2. The number of ether oxygens (including phenoxy) is 3. The maximum absolute atomic E-state index is 14.1. The molecule has 12 nitrogen and oxygen atoms in total. The van der Waals surface area contributed by atoms with Crippen molar-refractivity contribution in [2.45, 2.75) is 229 Å². The second kappa shape index (κ2) is 24.7. The molecule has 1 amide bonds. The molecule has 58 heavy (non-hydrogen) atoms. The SMILES string of the molecule is CCC1C=CCCC2(CC3CCC4C(C(=O)OCCCCCCCCCCCCCCCCC(=O)N(CCCN)CC(O)CCN)C5(CCCC(C)O5)NC(N2)[NH+]34)O1. The predicted octanol–water partition coefficient (Wildman–Crippen LogP) is 5.31. The number of esters is 1. The Morgan fingerprint density at radius 1 is 0.897 bits per heavy atom. The van der Waals surface area contributed by atoms with Gasteiger partial charge in [-0.25, -0.2) is 10.6 Å². The quantitative estimate of drug-likeness (QED) is 0.0383. The maximum Gasteiger partial charge on any atom is 0.319 e. The zero-order valence-corrected chi connectivity index (χ0v) is 36.7. The second-order valence-corrected chi connectivity index (χ2v) is 18.6. The third kappa shape index (κ3) is 13.7. The Morgan fingerprint density at radius 2 is 1.59 bits per heavy atom. The molecule has 5 aliphatic heterocycles. The third-order valence-electron chi connectivity index (χ3n) is 14.0. The first-order chi connectivity index (χ1) is 28.2. The topological polar surface area (TPSA) is 166 Å². The van der Waals surface area contributed by atoms with Gasteiger partial charge in [0.25, 0.3) is 0 Å². The van der Waals surface area contributed by atoms with Gasteiger partial charge in [-0.1, -0.05) is 96.1 Å². The minimum Gasteiger partial charge on any atom is -0.465 e. The first-order valence-corrected chi connectivity index (χ1v) is 24.2. The number of nitrogens with zero attached hydrogens (tertiary/aromatic N) is 1. The molecule has 5 aliphatic rings. The molecule has 5 rings (SSSR count). The molecular weight excluding hydrogens is 733 g/mol. The number of hydrogen-bond donors (Lipinski definition) is 6. The van der Waals surface area contributed by atoms with Gasteiger partial charge in [0.1, 0.15) is 17.5 Å². The molecule has 5 heterocycles. The number of quaternary nitrogens is 1. The molecule has 8 N–H and O–H groups in total. The van der Waals surface area contributed by atoms with Crippen LogP contribution in [0.5, 0.6) is 0 Å². The van der Waals surface area contributed by atoms with Gasteiger partial charge in [-0.05, 0) is 84.2 Å². The number of rotatable bonds is 26. The molecule has 0 aromatic carbocycles. The third-order valence-corrected chi connectivity index (χ3v) is 14.0. The van der Waals surface area contributed by atoms with Gasteiger partial charge in [0.2, 0.25) is 12.2 Å². The van der Waals surface area contributed by atoms with E-state index in [1.165, 1.54) is 69.1 Å². The van der Waals surface area contributed by atoms with E-state index in [4.69, 9.17) is 25.7 Å². The summed E-state index contributed by atoms with van der Waals surface area (Å²) in [4.78, 5) is 30.0. The molecule has 10 atom stereocenters. The number of amides is 1. The lowest BCUT2D eigenvalue weighted by Crippen LogP contribution is -3.29. The zero-order valence-electron chi connectivity index (χ0n) is 36.7. The van der Waals surface area contributed by atoms with E-state index < -0.39 is 11.8 Å². The fraction of sp³-hybridized carbons (Fsp3) is 0.913. The van der Waals surface area contributed by atoms with Crippen molar-refractivity contribution < 1.29 is 33.8 Å². The van der Waals surface area contributed by atoms with Crippen molar-refractivity contribution in [2.75, 3.05) is 32.8 Å². The number of aliphatic hydroxyl groups excluding tert-OH is 1. The van der Waals surface area contributed by atoms with Crippen LogP contribution in [0.15, 0.2) is 12.2 Å². The van der Waals surface area contributed by atoms with E-state index in [-0.39, 0.29) is 48.1 Å². The Morgan fingerprint density at radius 3 is 2.24 bits per heavy atom. The number of carbonyl (C=O) groups excluding carboxylic acids is 2. The number of allylic oxidation sites excluding steroid dienone is 1. The van der Waals surface area contributed by atoms with Crippen molar-refractivity contribution in [3.63, 3.8) is 0 Å². The van der Waals surface area contributed by atoms with Crippen molar-refractivity contribution in [3.05, 3.63) is 12.2 Å². The van der Waals surface area contributed by atoms with Gasteiger partial charge in [-0.2, -0.15) is 0 Å². The normalized spacial score (nSPS) is 32.3. The molecule has 0 radical (unpaired) electrons. The minimum absolute atomic E-state index is 0.00464. The second-order valence-electron chi connectivity index (χ2n) is 18.6. The van der Waals surface area contributed by atoms with Gasteiger partial charge in [0.15, 0.2) is 5.92 Å². The highest BCUT2D eigenvalue weighted by Gasteiger charge is 2.66. The standard InChI is InChI=1S/C46H84N6O6/c1-3-39-23-17-18-28-45(58-39)34-37-25-26-40-42(46(29-20-22-36(2)57-46)50-44(49-45)52(37)40)43(55)56-33-19-15-13-11-9-7-5-4-6-8-10-12-14-16-24-41(54)51(32-21-30-47)35-38(53)27-31-48/h17,23,36-40,42,44,49-50,53H,3-16,18-22,24-35,47-48H2,1-2H3/p+1. The lowest BCUT2D eigenvalue weighted by Gasteiger charge is -2.58. The highest BCUT2D eigenvalue weighted by atomic mass is 16.6. The monoisotopic (exact) mass is 818 g/mol. The molecule has 2 spiro atoms. The lowest BCUT2D eigenvalue weighted by molar-refractivity contribution is -0.985. The van der Waals surface area contributed by atoms with Gasteiger partial charge in [-0.15, -0.1) is 0 Å². The molecule has 0 bridgehead atoms. The average molecular weight is 818 g/mol. The molecule has 12 heteroatoms. The largest absolute Gasteiger partial charge is 0.465 e. The highest BCUT2D eigenvalue weighted by molar-refractivity contribution is 5.76. The van der Waals surface area contributed by atoms with Crippen LogP contribution >= 0.6 is 0 Å². The minimum atomic E-state index is -0.701. The number of unbranched alkanes of at least 4 members (excludes halogenated alkanes) is 13. The molecule has 0 aliphatic carbocycles. The number of hydrogen-bond acceptors (Lipinski definition) is 10. The first-order valence-electron chi connectivity index (χ1n) is 24.2. The van der Waals surface area contributed by atoms with Crippen LogP contribution in [-0.2, 0) is 23.8 Å². The van der Waals surface area contributed by atoms with E-state index in [0.717, 1.165) is 89.9 Å². The Kier molecular flexibility index (Phi) is 20.2. The molecule has 10 unspecified atom stereocenters. The molecule has 4 saturated heterocycles. The Bertz CT molecular complexity index is 1240. The van der Waals surface area contributed by atoms with Crippen LogP contribution in [0.3, 0.4) is 0 Å². The van der Waals surface area contributed by atoms with Crippen LogP contribution in [0.1, 0.15) is 181 Å². The van der Waals surface area contributed by atoms with E-state index in [1.54, 1.807) is 4.90 Å². The van der Waals surface area contributed by atoms with Gasteiger partial charge < -0.3 is 40.6 Å². The summed E-state index contributed by atoms with van der Waals surface area (Å²) >= 11 is 0. The fourth-order valence-electron chi connectivity index (χ4n) is 10.9. The number of aliphatic hydroxyl groups is 1. The maximum atomic E-state index is 14.1. The fourth-order valence-corrected chi connectivity index (χ4v) is 10.9. The summed E-state index contributed by atoms with van der Waals surface area (Å²) in [6, 6.07) is 0.635. The first kappa shape index (κ1) is 47.4. The summed E-state index contributed by atoms with van der Waals surface area (Å²) in [5.41, 5.74) is 10.2. The van der Waals surface area contributed by atoms with Crippen LogP contribution in [0.25, 0.3) is 0 Å². The Hall–Kier alpha value is -1.64. The van der Waals surface area contributed by atoms with Gasteiger partial charge in [-0.3, -0.25) is 9.59 Å². The van der Waals surface area contributed by atoms with Crippen LogP contribution < -0.4 is 27.0 Å². The smallest absolute Gasteiger partial charge is 0.319 e. The summed E-state index contributed by atoms with van der Waals surface area (Å²) in [6.07, 6.45) is 31.6. The van der Waals surface area contributed by atoms with E-state index in [1.807, 2.05) is 0 Å². The molecule has 4 fully saturated rings. The summed E-state index contributed by atoms with van der Waals surface area (Å²) in [6.45, 7) is 6.79. The van der Waals surface area contributed by atoms with Crippen molar-refractivity contribution >= 4 is 11.9 Å². The van der Waals surface area contributed by atoms with Crippen LogP contribution in [0.2, 0.25) is 0 Å². The molecule has 334 valence electrons. The van der Waals surface area contributed by atoms with Crippen molar-refractivity contribution in [3.8, 4) is 0 Å². The Balaban J connectivity index is 0.915. The predicted molar refractivity (Wildman–Crippen MR) is 229 cm³/mol. The average Bonchev–Trinajstić information content (AvgIpc) is 3.51. The van der Waals surface area contributed by atoms with E-state index in [9.17, 15) is 14.7 Å². The molecule has 0 aromatic heterocycles. The van der Waals surface area contributed by atoms with E-state index >= 15 is 0 Å².